The van der Waals surface area contributed by atoms with Crippen LogP contribution in [0.2, 0.25) is 0 Å². The van der Waals surface area contributed by atoms with Gasteiger partial charge < -0.3 is 20.4 Å². The number of carbonyl (C=O) groups is 1. The van der Waals surface area contributed by atoms with E-state index >= 15 is 0 Å². The predicted octanol–water partition coefficient (Wildman–Crippen LogP) is 1.10. The Morgan fingerprint density at radius 1 is 1.00 bits per heavy atom. The Morgan fingerprint density at radius 2 is 1.68 bits per heavy atom. The molecule has 4 rings (SSSR count). The molecule has 2 N–H and O–H groups in total. The van der Waals surface area contributed by atoms with Crippen molar-refractivity contribution in [1.82, 2.24) is 14.9 Å². The molecule has 4 heterocycles. The highest BCUT2D eigenvalue weighted by molar-refractivity contribution is 5.78. The van der Waals surface area contributed by atoms with Crippen LogP contribution in [0.4, 0.5) is 29.2 Å². The SMILES string of the molecule is NC1CN(c2cc(N3CCC(F)(F)C3)ncn2)CC1N1CC(F)(F)CCC1=O. The number of anilines is 2. The first-order valence-electron chi connectivity index (χ1n) is 9.26. The van der Waals surface area contributed by atoms with Gasteiger partial charge in [-0.15, -0.1) is 0 Å². The Morgan fingerprint density at radius 3 is 2.36 bits per heavy atom. The van der Waals surface area contributed by atoms with E-state index in [-0.39, 0.29) is 31.8 Å². The number of aromatic nitrogens is 2. The third-order valence-electron chi connectivity index (χ3n) is 5.62. The molecule has 0 bridgehead atoms. The fourth-order valence-electron chi connectivity index (χ4n) is 4.10. The summed E-state index contributed by atoms with van der Waals surface area (Å²) in [6, 6.07) is 0.545. The van der Waals surface area contributed by atoms with Gasteiger partial charge in [-0.05, 0) is 0 Å². The standard InChI is InChI=1S/C17H22F4N6O/c18-16(19)2-1-15(28)27(9-16)12-7-26(6-11(12)22)14-5-13(23-10-24-14)25-4-3-17(20,21)8-25/h5,10-12H,1-4,6-9,22H2. The molecule has 3 fully saturated rings. The van der Waals surface area contributed by atoms with Crippen LogP contribution in [0.15, 0.2) is 12.4 Å². The van der Waals surface area contributed by atoms with Gasteiger partial charge in [0.15, 0.2) is 0 Å². The van der Waals surface area contributed by atoms with Crippen LogP contribution < -0.4 is 15.5 Å². The van der Waals surface area contributed by atoms with Crippen LogP contribution in [0.25, 0.3) is 0 Å². The zero-order valence-electron chi connectivity index (χ0n) is 15.2. The van der Waals surface area contributed by atoms with Crippen molar-refractivity contribution in [3.63, 3.8) is 0 Å². The summed E-state index contributed by atoms with van der Waals surface area (Å²) in [7, 11) is 0. The average Bonchev–Trinajstić information content (AvgIpc) is 3.20. The van der Waals surface area contributed by atoms with Crippen molar-refractivity contribution in [1.29, 1.82) is 0 Å². The molecule has 3 aliphatic heterocycles. The van der Waals surface area contributed by atoms with E-state index in [1.165, 1.54) is 16.1 Å². The normalized spacial score (nSPS) is 29.6. The quantitative estimate of drug-likeness (QED) is 0.763. The minimum absolute atomic E-state index is 0.197. The number of likely N-dealkylation sites (tertiary alicyclic amines) is 1. The second-order valence-corrected chi connectivity index (χ2v) is 7.78. The van der Waals surface area contributed by atoms with Crippen LogP contribution >= 0.6 is 0 Å². The lowest BCUT2D eigenvalue weighted by Crippen LogP contribution is -2.56. The van der Waals surface area contributed by atoms with Crippen molar-refractivity contribution >= 4 is 17.5 Å². The van der Waals surface area contributed by atoms with Gasteiger partial charge in [0.25, 0.3) is 11.8 Å². The molecule has 0 radical (unpaired) electrons. The Labute approximate surface area is 159 Å². The molecule has 28 heavy (non-hydrogen) atoms. The molecular weight excluding hydrogens is 380 g/mol. The summed E-state index contributed by atoms with van der Waals surface area (Å²) in [6.45, 7) is -0.246. The van der Waals surface area contributed by atoms with E-state index < -0.39 is 43.4 Å². The Bertz CT molecular complexity index is 763. The van der Waals surface area contributed by atoms with Crippen LogP contribution in [0.3, 0.4) is 0 Å². The largest absolute Gasteiger partial charge is 0.353 e. The molecule has 0 saturated carbocycles. The van der Waals surface area contributed by atoms with E-state index in [9.17, 15) is 22.4 Å². The molecule has 2 atom stereocenters. The number of rotatable bonds is 3. The number of alkyl halides is 4. The highest BCUT2D eigenvalue weighted by Gasteiger charge is 2.46. The molecule has 3 aliphatic rings. The number of halogens is 4. The number of piperidine rings is 1. The van der Waals surface area contributed by atoms with E-state index in [0.717, 1.165) is 0 Å². The molecule has 7 nitrogen and oxygen atoms in total. The van der Waals surface area contributed by atoms with Crippen molar-refractivity contribution in [2.75, 3.05) is 42.5 Å². The smallest absolute Gasteiger partial charge is 0.266 e. The lowest BCUT2D eigenvalue weighted by Gasteiger charge is -2.37. The summed E-state index contributed by atoms with van der Waals surface area (Å²) < 4.78 is 54.5. The molecule has 154 valence electrons. The highest BCUT2D eigenvalue weighted by atomic mass is 19.3. The number of nitrogens with two attached hydrogens (primary N) is 1. The van der Waals surface area contributed by atoms with Gasteiger partial charge in [0, 0.05) is 51.0 Å². The molecule has 0 aromatic carbocycles. The molecule has 2 unspecified atom stereocenters. The summed E-state index contributed by atoms with van der Waals surface area (Å²) in [5, 5.41) is 0. The summed E-state index contributed by atoms with van der Waals surface area (Å²) in [5.74, 6) is -5.11. The van der Waals surface area contributed by atoms with E-state index in [2.05, 4.69) is 9.97 Å². The van der Waals surface area contributed by atoms with Gasteiger partial charge in [0.05, 0.1) is 19.1 Å². The minimum Gasteiger partial charge on any atom is -0.353 e. The second kappa shape index (κ2) is 6.71. The van der Waals surface area contributed by atoms with Gasteiger partial charge >= 0.3 is 0 Å². The van der Waals surface area contributed by atoms with Gasteiger partial charge in [0.2, 0.25) is 5.91 Å². The van der Waals surface area contributed by atoms with Crippen molar-refractivity contribution in [3.05, 3.63) is 12.4 Å². The molecular formula is C17H22F4N6O. The van der Waals surface area contributed by atoms with Gasteiger partial charge in [0.1, 0.15) is 18.0 Å². The van der Waals surface area contributed by atoms with E-state index in [1.807, 2.05) is 0 Å². The molecule has 1 aromatic rings. The van der Waals surface area contributed by atoms with Crippen molar-refractivity contribution < 1.29 is 22.4 Å². The number of hydrogen-bond acceptors (Lipinski definition) is 6. The van der Waals surface area contributed by atoms with Crippen LogP contribution in [0.1, 0.15) is 19.3 Å². The fraction of sp³-hybridized carbons (Fsp3) is 0.706. The van der Waals surface area contributed by atoms with E-state index in [0.29, 0.717) is 18.2 Å². The van der Waals surface area contributed by atoms with Crippen LogP contribution in [-0.2, 0) is 4.79 Å². The number of amides is 1. The fourth-order valence-corrected chi connectivity index (χ4v) is 4.10. The highest BCUT2D eigenvalue weighted by Crippen LogP contribution is 2.33. The second-order valence-electron chi connectivity index (χ2n) is 7.78. The Hall–Kier alpha value is -2.17. The molecule has 0 spiro atoms. The van der Waals surface area contributed by atoms with E-state index in [4.69, 9.17) is 5.73 Å². The predicted molar refractivity (Wildman–Crippen MR) is 93.7 cm³/mol. The van der Waals surface area contributed by atoms with Crippen LogP contribution in [0, 0.1) is 0 Å². The maximum atomic E-state index is 13.8. The molecule has 3 saturated heterocycles. The van der Waals surface area contributed by atoms with Gasteiger partial charge in [-0.25, -0.2) is 27.5 Å². The summed E-state index contributed by atoms with van der Waals surface area (Å²) in [6.07, 6.45) is 0.426. The zero-order chi connectivity index (χ0) is 20.1. The monoisotopic (exact) mass is 402 g/mol. The first-order chi connectivity index (χ1) is 13.1. The lowest BCUT2D eigenvalue weighted by atomic mass is 10.0. The third-order valence-corrected chi connectivity index (χ3v) is 5.62. The van der Waals surface area contributed by atoms with Crippen LogP contribution in [-0.4, -0.2) is 77.4 Å². The number of carbonyl (C=O) groups excluding carboxylic acids is 1. The third kappa shape index (κ3) is 3.71. The molecule has 11 heteroatoms. The summed E-state index contributed by atoms with van der Waals surface area (Å²) in [4.78, 5) is 24.9. The summed E-state index contributed by atoms with van der Waals surface area (Å²) in [5.41, 5.74) is 6.15. The van der Waals surface area contributed by atoms with Crippen molar-refractivity contribution in [3.8, 4) is 0 Å². The maximum Gasteiger partial charge on any atom is 0.266 e. The molecule has 1 amide bonds. The van der Waals surface area contributed by atoms with Crippen molar-refractivity contribution in [2.24, 2.45) is 5.73 Å². The topological polar surface area (TPSA) is 78.6 Å². The van der Waals surface area contributed by atoms with Gasteiger partial charge in [-0.2, -0.15) is 0 Å². The maximum absolute atomic E-state index is 13.8. The molecule has 0 aliphatic carbocycles. The number of nitrogens with zero attached hydrogens (tertiary/aromatic N) is 5. The first-order valence-corrected chi connectivity index (χ1v) is 9.26. The van der Waals surface area contributed by atoms with Crippen LogP contribution in [0.5, 0.6) is 0 Å². The zero-order valence-corrected chi connectivity index (χ0v) is 15.2. The Balaban J connectivity index is 1.49. The van der Waals surface area contributed by atoms with Crippen molar-refractivity contribution in [2.45, 2.75) is 43.2 Å². The lowest BCUT2D eigenvalue weighted by molar-refractivity contribution is -0.150. The molecule has 1 aromatic heterocycles. The van der Waals surface area contributed by atoms with Gasteiger partial charge in [-0.1, -0.05) is 0 Å². The van der Waals surface area contributed by atoms with Gasteiger partial charge in [-0.3, -0.25) is 4.79 Å². The minimum atomic E-state index is -2.91. The Kier molecular flexibility index (Phi) is 4.59. The number of hydrogen-bond donors (Lipinski definition) is 1. The average molecular weight is 402 g/mol. The van der Waals surface area contributed by atoms with E-state index in [1.54, 1.807) is 11.0 Å². The first kappa shape index (κ1) is 19.2. The summed E-state index contributed by atoms with van der Waals surface area (Å²) >= 11 is 0.